The molecule has 3 aliphatic rings. The number of piperidine rings is 1. The van der Waals surface area contributed by atoms with E-state index in [4.69, 9.17) is 4.74 Å². The molecule has 0 aromatic heterocycles. The van der Waals surface area contributed by atoms with Gasteiger partial charge in [0.25, 0.3) is 0 Å². The summed E-state index contributed by atoms with van der Waals surface area (Å²) >= 11 is 0. The summed E-state index contributed by atoms with van der Waals surface area (Å²) in [7, 11) is 7.95. The number of likely N-dealkylation sites (tertiary alicyclic amines) is 1. The Morgan fingerprint density at radius 1 is 1.28 bits per heavy atom. The lowest BCUT2D eigenvalue weighted by Crippen LogP contribution is -2.73. The van der Waals surface area contributed by atoms with Crippen LogP contribution in [0.2, 0.25) is 0 Å². The monoisotopic (exact) mass is 346 g/mol. The SMILES string of the molecule is COc1ccc2c(c1O)[C@]13CCN(C)[C@H](C2)[C@]1(O)CCC(N(C)C)C3. The molecule has 0 amide bonds. The van der Waals surface area contributed by atoms with Crippen molar-refractivity contribution >= 4 is 0 Å². The molecule has 4 rings (SSSR count). The number of fused-ring (bicyclic) bond motifs is 1. The van der Waals surface area contributed by atoms with Crippen LogP contribution >= 0.6 is 0 Å². The van der Waals surface area contributed by atoms with Crippen LogP contribution in [0.25, 0.3) is 0 Å². The van der Waals surface area contributed by atoms with Crippen LogP contribution in [0.1, 0.15) is 36.8 Å². The Morgan fingerprint density at radius 2 is 2.04 bits per heavy atom. The van der Waals surface area contributed by atoms with Crippen molar-refractivity contribution in [2.24, 2.45) is 0 Å². The lowest BCUT2D eigenvalue weighted by Gasteiger charge is -2.64. The van der Waals surface area contributed by atoms with E-state index in [0.717, 1.165) is 44.2 Å². The summed E-state index contributed by atoms with van der Waals surface area (Å²) in [6.45, 7) is 0.948. The fourth-order valence-electron chi connectivity index (χ4n) is 5.90. The van der Waals surface area contributed by atoms with Gasteiger partial charge in [-0.2, -0.15) is 0 Å². The Bertz CT molecular complexity index is 692. The smallest absolute Gasteiger partial charge is 0.161 e. The molecule has 2 bridgehead atoms. The van der Waals surface area contributed by atoms with Crippen LogP contribution in [-0.2, 0) is 11.8 Å². The summed E-state index contributed by atoms with van der Waals surface area (Å²) in [5.41, 5.74) is 0.927. The van der Waals surface area contributed by atoms with Gasteiger partial charge in [-0.05, 0) is 71.4 Å². The number of methoxy groups -OCH3 is 1. The molecule has 1 heterocycles. The molecule has 2 N–H and O–H groups in total. The minimum Gasteiger partial charge on any atom is -0.504 e. The second kappa shape index (κ2) is 5.60. The van der Waals surface area contributed by atoms with E-state index in [0.29, 0.717) is 11.8 Å². The summed E-state index contributed by atoms with van der Waals surface area (Å²) in [6.07, 6.45) is 4.31. The number of aromatic hydroxyl groups is 1. The standard InChI is InChI=1S/C20H30N2O3/c1-21(2)14-7-8-20(24)16-11-13-5-6-15(25-4)18(23)17(13)19(20,12-14)9-10-22(16)3/h5-6,14,16,23-24H,7-12H2,1-4H3/t14?,16-,19-,20-/m1/s1. The second-order valence-electron chi connectivity index (χ2n) is 8.47. The summed E-state index contributed by atoms with van der Waals surface area (Å²) in [4.78, 5) is 4.59. The van der Waals surface area contributed by atoms with Crippen LogP contribution in [0, 0.1) is 0 Å². The topological polar surface area (TPSA) is 56.2 Å². The van der Waals surface area contributed by atoms with Crippen molar-refractivity contribution in [2.45, 2.75) is 55.2 Å². The number of phenolic OH excluding ortho intramolecular Hbond substituents is 1. The number of nitrogens with zero attached hydrogens (tertiary/aromatic N) is 2. The van der Waals surface area contributed by atoms with Gasteiger partial charge < -0.3 is 24.7 Å². The van der Waals surface area contributed by atoms with E-state index >= 15 is 0 Å². The van der Waals surface area contributed by atoms with Gasteiger partial charge in [0, 0.05) is 23.1 Å². The molecule has 1 saturated carbocycles. The molecule has 4 atom stereocenters. The number of ether oxygens (including phenoxy) is 1. The van der Waals surface area contributed by atoms with E-state index in [1.165, 1.54) is 5.56 Å². The van der Waals surface area contributed by atoms with Gasteiger partial charge in [-0.15, -0.1) is 0 Å². The first-order chi connectivity index (χ1) is 11.8. The molecule has 1 unspecified atom stereocenters. The minimum atomic E-state index is -0.788. The van der Waals surface area contributed by atoms with Crippen molar-refractivity contribution in [2.75, 3.05) is 34.8 Å². The number of rotatable bonds is 2. The number of phenols is 1. The van der Waals surface area contributed by atoms with Crippen LogP contribution in [0.15, 0.2) is 12.1 Å². The van der Waals surface area contributed by atoms with Crippen LogP contribution in [0.3, 0.4) is 0 Å². The maximum atomic E-state index is 12.0. The third-order valence-electron chi connectivity index (χ3n) is 7.32. The number of likely N-dealkylation sites (N-methyl/N-ethyl adjacent to an activating group) is 1. The first-order valence-electron chi connectivity index (χ1n) is 9.32. The molecule has 1 aromatic rings. The quantitative estimate of drug-likeness (QED) is 0.854. The zero-order chi connectivity index (χ0) is 18.0. The average molecular weight is 346 g/mol. The molecule has 0 radical (unpaired) electrons. The highest BCUT2D eigenvalue weighted by molar-refractivity contribution is 5.58. The lowest BCUT2D eigenvalue weighted by atomic mass is 9.48. The molecule has 1 aliphatic heterocycles. The number of benzene rings is 1. The van der Waals surface area contributed by atoms with Crippen molar-refractivity contribution in [3.63, 3.8) is 0 Å². The molecule has 1 saturated heterocycles. The number of hydrogen-bond donors (Lipinski definition) is 2. The molecular weight excluding hydrogens is 316 g/mol. The van der Waals surface area contributed by atoms with Crippen LogP contribution in [0.5, 0.6) is 11.5 Å². The zero-order valence-electron chi connectivity index (χ0n) is 15.7. The maximum Gasteiger partial charge on any atom is 0.161 e. The summed E-state index contributed by atoms with van der Waals surface area (Å²) in [5, 5.41) is 23.0. The average Bonchev–Trinajstić information content (AvgIpc) is 2.57. The number of aliphatic hydroxyl groups is 1. The van der Waals surface area contributed by atoms with E-state index in [1.54, 1.807) is 7.11 Å². The van der Waals surface area contributed by atoms with Gasteiger partial charge in [0.1, 0.15) is 0 Å². The van der Waals surface area contributed by atoms with E-state index < -0.39 is 11.0 Å². The molecule has 1 aromatic carbocycles. The fraction of sp³-hybridized carbons (Fsp3) is 0.700. The van der Waals surface area contributed by atoms with Gasteiger partial charge in [0.05, 0.1) is 12.7 Å². The summed E-state index contributed by atoms with van der Waals surface area (Å²) < 4.78 is 5.40. The van der Waals surface area contributed by atoms with Crippen LogP contribution in [0.4, 0.5) is 0 Å². The van der Waals surface area contributed by atoms with Crippen molar-refractivity contribution in [3.8, 4) is 11.5 Å². The summed E-state index contributed by atoms with van der Waals surface area (Å²) in [6, 6.07) is 4.48. The molecule has 5 heteroatoms. The highest BCUT2D eigenvalue weighted by atomic mass is 16.5. The molecule has 25 heavy (non-hydrogen) atoms. The van der Waals surface area contributed by atoms with Gasteiger partial charge in [-0.1, -0.05) is 6.07 Å². The Kier molecular flexibility index (Phi) is 3.84. The predicted octanol–water partition coefficient (Wildman–Crippen LogP) is 1.74. The number of hydrogen-bond acceptors (Lipinski definition) is 5. The van der Waals surface area contributed by atoms with Gasteiger partial charge in [0.2, 0.25) is 0 Å². The highest BCUT2D eigenvalue weighted by Crippen LogP contribution is 2.61. The Labute approximate surface area is 150 Å². The predicted molar refractivity (Wildman–Crippen MR) is 97.4 cm³/mol. The molecule has 138 valence electrons. The van der Waals surface area contributed by atoms with Crippen molar-refractivity contribution in [1.29, 1.82) is 0 Å². The Hall–Kier alpha value is -1.30. The van der Waals surface area contributed by atoms with E-state index in [1.807, 2.05) is 6.07 Å². The van der Waals surface area contributed by atoms with E-state index in [-0.39, 0.29) is 11.8 Å². The van der Waals surface area contributed by atoms with Gasteiger partial charge >= 0.3 is 0 Å². The second-order valence-corrected chi connectivity index (χ2v) is 8.47. The zero-order valence-corrected chi connectivity index (χ0v) is 15.7. The third-order valence-corrected chi connectivity index (χ3v) is 7.32. The molecule has 2 aliphatic carbocycles. The largest absolute Gasteiger partial charge is 0.504 e. The first kappa shape index (κ1) is 17.1. The Balaban J connectivity index is 1.95. The normalized spacial score (nSPS) is 37.5. The summed E-state index contributed by atoms with van der Waals surface area (Å²) in [5.74, 6) is 0.751. The lowest BCUT2D eigenvalue weighted by molar-refractivity contribution is -0.170. The molecular formula is C20H30N2O3. The minimum absolute atomic E-state index is 0.115. The van der Waals surface area contributed by atoms with Crippen molar-refractivity contribution in [1.82, 2.24) is 9.80 Å². The van der Waals surface area contributed by atoms with Gasteiger partial charge in [-0.25, -0.2) is 0 Å². The highest BCUT2D eigenvalue weighted by Gasteiger charge is 2.65. The Morgan fingerprint density at radius 3 is 2.72 bits per heavy atom. The van der Waals surface area contributed by atoms with Crippen LogP contribution in [-0.4, -0.2) is 72.5 Å². The molecule has 5 nitrogen and oxygen atoms in total. The van der Waals surface area contributed by atoms with E-state index in [2.05, 4.69) is 37.0 Å². The third kappa shape index (κ3) is 2.12. The molecule has 2 fully saturated rings. The van der Waals surface area contributed by atoms with Crippen LogP contribution < -0.4 is 4.74 Å². The fourth-order valence-corrected chi connectivity index (χ4v) is 5.90. The molecule has 0 spiro atoms. The van der Waals surface area contributed by atoms with Crippen molar-refractivity contribution < 1.29 is 14.9 Å². The first-order valence-corrected chi connectivity index (χ1v) is 9.32. The van der Waals surface area contributed by atoms with Crippen molar-refractivity contribution in [3.05, 3.63) is 23.3 Å². The van der Waals surface area contributed by atoms with Gasteiger partial charge in [0.15, 0.2) is 11.5 Å². The van der Waals surface area contributed by atoms with E-state index in [9.17, 15) is 10.2 Å². The van der Waals surface area contributed by atoms with Gasteiger partial charge in [-0.3, -0.25) is 0 Å². The maximum absolute atomic E-state index is 12.0.